The molecule has 26 heavy (non-hydrogen) atoms. The largest absolute Gasteiger partial charge is 0.504 e. The van der Waals surface area contributed by atoms with Crippen LogP contribution < -0.4 is 9.47 Å². The number of aromatic hydroxyl groups is 2. The summed E-state index contributed by atoms with van der Waals surface area (Å²) >= 11 is 0. The van der Waals surface area contributed by atoms with Crippen molar-refractivity contribution in [2.45, 2.75) is 11.5 Å². The fraction of sp³-hybridized carbons (Fsp3) is 0.400. The Morgan fingerprint density at radius 3 is 2.38 bits per heavy atom. The van der Waals surface area contributed by atoms with E-state index in [2.05, 4.69) is 0 Å². The van der Waals surface area contributed by atoms with Crippen molar-refractivity contribution >= 4 is 0 Å². The lowest BCUT2D eigenvalue weighted by Gasteiger charge is -2.33. The number of rotatable bonds is 4. The summed E-state index contributed by atoms with van der Waals surface area (Å²) in [4.78, 5) is 0. The molecule has 0 spiro atoms. The number of phenols is 2. The summed E-state index contributed by atoms with van der Waals surface area (Å²) in [6.45, 7) is 1.71. The van der Waals surface area contributed by atoms with Crippen LogP contribution in [0.4, 0.5) is 0 Å². The van der Waals surface area contributed by atoms with E-state index in [4.69, 9.17) is 18.9 Å². The maximum absolute atomic E-state index is 9.97. The van der Waals surface area contributed by atoms with E-state index in [-0.39, 0.29) is 28.9 Å². The van der Waals surface area contributed by atoms with Gasteiger partial charge in [-0.1, -0.05) is 12.1 Å². The molecule has 2 saturated heterocycles. The maximum Gasteiger partial charge on any atom is 0.160 e. The lowest BCUT2D eigenvalue weighted by atomic mass is 9.69. The molecule has 3 unspecified atom stereocenters. The van der Waals surface area contributed by atoms with Gasteiger partial charge in [0.1, 0.15) is 0 Å². The zero-order valence-corrected chi connectivity index (χ0v) is 14.8. The Morgan fingerprint density at radius 1 is 0.962 bits per heavy atom. The molecule has 138 valence electrons. The number of ether oxygens (including phenoxy) is 4. The van der Waals surface area contributed by atoms with Crippen molar-refractivity contribution in [1.82, 2.24) is 0 Å². The van der Waals surface area contributed by atoms with Crippen molar-refractivity contribution < 1.29 is 29.2 Å². The molecule has 2 aliphatic heterocycles. The minimum Gasteiger partial charge on any atom is -0.504 e. The minimum atomic E-state index is -0.386. The average Bonchev–Trinajstić information content (AvgIpc) is 3.22. The highest BCUT2D eigenvalue weighted by Gasteiger charge is 2.57. The molecule has 6 nitrogen and oxygen atoms in total. The van der Waals surface area contributed by atoms with Gasteiger partial charge < -0.3 is 29.2 Å². The van der Waals surface area contributed by atoms with Crippen LogP contribution in [0, 0.1) is 5.92 Å². The lowest BCUT2D eigenvalue weighted by molar-refractivity contribution is 0.0393. The summed E-state index contributed by atoms with van der Waals surface area (Å²) < 4.78 is 22.6. The first-order valence-electron chi connectivity index (χ1n) is 8.54. The van der Waals surface area contributed by atoms with Crippen LogP contribution in [0.15, 0.2) is 36.4 Å². The molecular weight excluding hydrogens is 336 g/mol. The van der Waals surface area contributed by atoms with Crippen molar-refractivity contribution in [3.8, 4) is 23.0 Å². The summed E-state index contributed by atoms with van der Waals surface area (Å²) in [5.41, 5.74) is 1.53. The van der Waals surface area contributed by atoms with Crippen LogP contribution in [-0.4, -0.2) is 44.3 Å². The second-order valence-electron chi connectivity index (χ2n) is 6.78. The minimum absolute atomic E-state index is 0.0915. The highest BCUT2D eigenvalue weighted by atomic mass is 16.5. The molecular formula is C20H22O6. The van der Waals surface area contributed by atoms with Crippen LogP contribution in [-0.2, 0) is 14.9 Å². The van der Waals surface area contributed by atoms with Crippen molar-refractivity contribution in [3.05, 3.63) is 47.5 Å². The number of fused-ring (bicyclic) bond motifs is 1. The summed E-state index contributed by atoms with van der Waals surface area (Å²) in [7, 11) is 3.06. The van der Waals surface area contributed by atoms with Crippen molar-refractivity contribution in [1.29, 1.82) is 0 Å². The van der Waals surface area contributed by atoms with Crippen LogP contribution in [0.25, 0.3) is 0 Å². The molecule has 2 aromatic carbocycles. The Hall–Kier alpha value is -2.44. The van der Waals surface area contributed by atoms with Gasteiger partial charge in [-0.25, -0.2) is 0 Å². The number of phenolic OH excluding ortho intramolecular Hbond substituents is 2. The van der Waals surface area contributed by atoms with Crippen LogP contribution in [0.1, 0.15) is 17.2 Å². The zero-order valence-electron chi connectivity index (χ0n) is 14.8. The number of hydrogen-bond acceptors (Lipinski definition) is 6. The van der Waals surface area contributed by atoms with Gasteiger partial charge in [-0.05, 0) is 35.4 Å². The van der Waals surface area contributed by atoms with Crippen LogP contribution >= 0.6 is 0 Å². The number of hydrogen-bond donors (Lipinski definition) is 2. The van der Waals surface area contributed by atoms with E-state index in [1.54, 1.807) is 18.2 Å². The van der Waals surface area contributed by atoms with Crippen molar-refractivity contribution in [2.75, 3.05) is 34.0 Å². The van der Waals surface area contributed by atoms with E-state index < -0.39 is 0 Å². The third-order valence-corrected chi connectivity index (χ3v) is 5.54. The Kier molecular flexibility index (Phi) is 4.17. The smallest absolute Gasteiger partial charge is 0.160 e. The topological polar surface area (TPSA) is 77.4 Å². The maximum atomic E-state index is 9.97. The molecule has 0 aliphatic carbocycles. The number of benzene rings is 2. The van der Waals surface area contributed by atoms with Gasteiger partial charge in [0.05, 0.1) is 45.6 Å². The van der Waals surface area contributed by atoms with Gasteiger partial charge in [-0.15, -0.1) is 0 Å². The molecule has 2 fully saturated rings. The normalized spacial score (nSPS) is 27.3. The Labute approximate surface area is 151 Å². The Morgan fingerprint density at radius 2 is 1.65 bits per heavy atom. The predicted octanol–water partition coefficient (Wildman–Crippen LogP) is 2.77. The molecule has 0 radical (unpaired) electrons. The number of methoxy groups -OCH3 is 2. The molecule has 6 heteroatoms. The fourth-order valence-corrected chi connectivity index (χ4v) is 4.17. The van der Waals surface area contributed by atoms with E-state index in [9.17, 15) is 10.2 Å². The molecule has 2 heterocycles. The van der Waals surface area contributed by atoms with Crippen molar-refractivity contribution in [2.24, 2.45) is 5.92 Å². The molecule has 0 bridgehead atoms. The lowest BCUT2D eigenvalue weighted by Crippen LogP contribution is -2.36. The van der Waals surface area contributed by atoms with Gasteiger partial charge >= 0.3 is 0 Å². The second kappa shape index (κ2) is 6.37. The van der Waals surface area contributed by atoms with Gasteiger partial charge in [-0.3, -0.25) is 0 Å². The van der Waals surface area contributed by atoms with E-state index in [0.717, 1.165) is 11.1 Å². The molecule has 3 atom stereocenters. The molecule has 0 amide bonds. The summed E-state index contributed by atoms with van der Waals surface area (Å²) in [5, 5.41) is 19.9. The summed E-state index contributed by atoms with van der Waals surface area (Å²) in [6.07, 6.45) is -0.251. The molecule has 2 aromatic rings. The fourth-order valence-electron chi connectivity index (χ4n) is 4.17. The Balaban J connectivity index is 1.83. The van der Waals surface area contributed by atoms with Crippen molar-refractivity contribution in [3.63, 3.8) is 0 Å². The van der Waals surface area contributed by atoms with Crippen LogP contribution in [0.5, 0.6) is 23.0 Å². The Bertz CT molecular complexity index is 820. The zero-order chi connectivity index (χ0) is 18.3. The SMILES string of the molecule is COc1cc(C2OCC3COCC32c2ccc(O)c(OC)c2)ccc1O. The van der Waals surface area contributed by atoms with E-state index in [1.807, 2.05) is 18.2 Å². The van der Waals surface area contributed by atoms with Crippen LogP contribution in [0.2, 0.25) is 0 Å². The van der Waals surface area contributed by atoms with E-state index >= 15 is 0 Å². The molecule has 0 saturated carbocycles. The van der Waals surface area contributed by atoms with Gasteiger partial charge in [-0.2, -0.15) is 0 Å². The third kappa shape index (κ3) is 2.40. The van der Waals surface area contributed by atoms with Gasteiger partial charge in [0.2, 0.25) is 0 Å². The summed E-state index contributed by atoms with van der Waals surface area (Å²) in [6, 6.07) is 10.7. The first-order valence-corrected chi connectivity index (χ1v) is 8.54. The van der Waals surface area contributed by atoms with Gasteiger partial charge in [0.15, 0.2) is 23.0 Å². The molecule has 0 aromatic heterocycles. The monoisotopic (exact) mass is 358 g/mol. The molecule has 2 aliphatic rings. The van der Waals surface area contributed by atoms with Gasteiger partial charge in [0.25, 0.3) is 0 Å². The highest BCUT2D eigenvalue weighted by Crippen LogP contribution is 2.55. The quantitative estimate of drug-likeness (QED) is 0.875. The standard InChI is InChI=1S/C20H22O6/c1-23-17-7-12(3-5-15(17)21)19-20(11-25-9-14(20)10-26-19)13-4-6-16(22)18(8-13)24-2/h3-8,14,19,21-22H,9-11H2,1-2H3. The second-order valence-corrected chi connectivity index (χ2v) is 6.78. The predicted molar refractivity (Wildman–Crippen MR) is 94.0 cm³/mol. The molecule has 4 rings (SSSR count). The van der Waals surface area contributed by atoms with E-state index in [1.165, 1.54) is 14.2 Å². The highest BCUT2D eigenvalue weighted by molar-refractivity contribution is 5.49. The third-order valence-electron chi connectivity index (χ3n) is 5.54. The first kappa shape index (κ1) is 17.0. The first-order chi connectivity index (χ1) is 12.6. The molecule has 2 N–H and O–H groups in total. The van der Waals surface area contributed by atoms with E-state index in [0.29, 0.717) is 31.3 Å². The van der Waals surface area contributed by atoms with Crippen LogP contribution in [0.3, 0.4) is 0 Å². The summed E-state index contributed by atoms with van der Waals surface area (Å²) in [5.74, 6) is 1.23. The average molecular weight is 358 g/mol. The van der Waals surface area contributed by atoms with Gasteiger partial charge in [0, 0.05) is 5.92 Å².